The number of hydrogen-bond acceptors (Lipinski definition) is 2. The number of phenolic OH excluding ortho intramolecular Hbond substituents is 1. The molecule has 0 saturated heterocycles. The summed E-state index contributed by atoms with van der Waals surface area (Å²) < 4.78 is 0. The lowest BCUT2D eigenvalue weighted by Crippen LogP contribution is -2.08. The van der Waals surface area contributed by atoms with E-state index in [0.29, 0.717) is 18.4 Å². The smallest absolute Gasteiger partial charge is 0.167 e. The Bertz CT molecular complexity index is 641. The van der Waals surface area contributed by atoms with E-state index in [9.17, 15) is 9.90 Å². The van der Waals surface area contributed by atoms with Crippen LogP contribution in [0.15, 0.2) is 30.3 Å². The highest BCUT2D eigenvalue weighted by molar-refractivity contribution is 6.01. The molecule has 2 aromatic rings. The number of carbonyl (C=O) groups is 1. The molecule has 0 bridgehead atoms. The lowest BCUT2D eigenvalue weighted by atomic mass is 9.89. The van der Waals surface area contributed by atoms with Crippen LogP contribution in [0.5, 0.6) is 5.75 Å². The summed E-state index contributed by atoms with van der Waals surface area (Å²) >= 11 is 0. The van der Waals surface area contributed by atoms with Crippen molar-refractivity contribution < 1.29 is 9.90 Å². The molecule has 110 valence electrons. The molecule has 0 unspecified atom stereocenters. The summed E-state index contributed by atoms with van der Waals surface area (Å²) in [5.74, 6) is 0.161. The van der Waals surface area contributed by atoms with Gasteiger partial charge in [-0.3, -0.25) is 4.79 Å². The molecule has 2 heteroatoms. The predicted molar refractivity (Wildman–Crippen MR) is 86.1 cm³/mol. The van der Waals surface area contributed by atoms with E-state index < -0.39 is 0 Å². The molecule has 0 heterocycles. The summed E-state index contributed by atoms with van der Waals surface area (Å²) in [4.78, 5) is 12.5. The van der Waals surface area contributed by atoms with E-state index >= 15 is 0 Å². The van der Waals surface area contributed by atoms with Gasteiger partial charge in [-0.1, -0.05) is 30.3 Å². The van der Waals surface area contributed by atoms with Gasteiger partial charge in [0.05, 0.1) is 5.56 Å². The highest BCUT2D eigenvalue weighted by Crippen LogP contribution is 2.32. The summed E-state index contributed by atoms with van der Waals surface area (Å²) in [6.45, 7) is 7.77. The predicted octanol–water partition coefficient (Wildman–Crippen LogP) is 4.44. The molecule has 0 spiro atoms. The fraction of sp³-hybridized carbons (Fsp3) is 0.316. The third-order valence-corrected chi connectivity index (χ3v) is 4.42. The highest BCUT2D eigenvalue weighted by atomic mass is 16.3. The standard InChI is InChI=1S/C19H22O2/c1-12-13(2)15(4)19(21)18(14(12)3)17(20)11-10-16-8-6-5-7-9-16/h5-9,21H,10-11H2,1-4H3. The zero-order chi connectivity index (χ0) is 15.6. The molecule has 0 fully saturated rings. The fourth-order valence-corrected chi connectivity index (χ4v) is 2.66. The van der Waals surface area contributed by atoms with Gasteiger partial charge in [0.25, 0.3) is 0 Å². The lowest BCUT2D eigenvalue weighted by molar-refractivity contribution is 0.0979. The normalized spacial score (nSPS) is 10.7. The van der Waals surface area contributed by atoms with Crippen molar-refractivity contribution in [3.05, 3.63) is 63.7 Å². The number of phenols is 1. The Balaban J connectivity index is 2.28. The quantitative estimate of drug-likeness (QED) is 0.842. The topological polar surface area (TPSA) is 37.3 Å². The molecule has 0 saturated carbocycles. The van der Waals surface area contributed by atoms with Crippen LogP contribution in [0.2, 0.25) is 0 Å². The molecule has 21 heavy (non-hydrogen) atoms. The average Bonchev–Trinajstić information content (AvgIpc) is 2.50. The Morgan fingerprint density at radius 3 is 2.10 bits per heavy atom. The number of ketones is 1. The van der Waals surface area contributed by atoms with Gasteiger partial charge < -0.3 is 5.11 Å². The van der Waals surface area contributed by atoms with Gasteiger partial charge in [0.2, 0.25) is 0 Å². The van der Waals surface area contributed by atoms with Gasteiger partial charge in [-0.05, 0) is 61.9 Å². The summed E-state index contributed by atoms with van der Waals surface area (Å²) in [6.07, 6.45) is 1.12. The van der Waals surface area contributed by atoms with E-state index in [0.717, 1.165) is 27.8 Å². The molecular formula is C19H22O2. The third-order valence-electron chi connectivity index (χ3n) is 4.42. The first kappa shape index (κ1) is 15.3. The van der Waals surface area contributed by atoms with Crippen molar-refractivity contribution in [1.82, 2.24) is 0 Å². The number of aromatic hydroxyl groups is 1. The lowest BCUT2D eigenvalue weighted by Gasteiger charge is -2.16. The average molecular weight is 282 g/mol. The Morgan fingerprint density at radius 1 is 0.905 bits per heavy atom. The molecule has 0 amide bonds. The van der Waals surface area contributed by atoms with Crippen LogP contribution in [0.4, 0.5) is 0 Å². The maximum atomic E-state index is 12.5. The van der Waals surface area contributed by atoms with Crippen molar-refractivity contribution >= 4 is 5.78 Å². The largest absolute Gasteiger partial charge is 0.507 e. The molecule has 0 aliphatic rings. The zero-order valence-corrected chi connectivity index (χ0v) is 13.2. The zero-order valence-electron chi connectivity index (χ0n) is 13.2. The van der Waals surface area contributed by atoms with Crippen LogP contribution in [0.3, 0.4) is 0 Å². The van der Waals surface area contributed by atoms with E-state index in [1.165, 1.54) is 0 Å². The first-order valence-electron chi connectivity index (χ1n) is 7.30. The summed E-state index contributed by atoms with van der Waals surface area (Å²) in [5.41, 5.74) is 5.49. The van der Waals surface area contributed by atoms with Gasteiger partial charge in [0.1, 0.15) is 5.75 Å². The number of hydrogen-bond donors (Lipinski definition) is 1. The molecule has 1 N–H and O–H groups in total. The second-order valence-corrected chi connectivity index (χ2v) is 5.63. The number of benzene rings is 2. The van der Waals surface area contributed by atoms with Gasteiger partial charge in [-0.25, -0.2) is 0 Å². The van der Waals surface area contributed by atoms with E-state index in [1.54, 1.807) is 0 Å². The molecule has 0 aliphatic heterocycles. The van der Waals surface area contributed by atoms with Crippen LogP contribution in [0, 0.1) is 27.7 Å². The SMILES string of the molecule is Cc1c(C)c(C)c(C(=O)CCc2ccccc2)c(O)c1C. The first-order valence-corrected chi connectivity index (χ1v) is 7.30. The summed E-state index contributed by atoms with van der Waals surface area (Å²) in [5, 5.41) is 10.3. The Labute approximate surface area is 126 Å². The minimum absolute atomic E-state index is 0.0139. The Kier molecular flexibility index (Phi) is 4.46. The van der Waals surface area contributed by atoms with Gasteiger partial charge in [-0.15, -0.1) is 0 Å². The van der Waals surface area contributed by atoms with E-state index in [-0.39, 0.29) is 11.5 Å². The molecular weight excluding hydrogens is 260 g/mol. The van der Waals surface area contributed by atoms with Crippen LogP contribution in [-0.4, -0.2) is 10.9 Å². The minimum Gasteiger partial charge on any atom is -0.507 e. The van der Waals surface area contributed by atoms with Gasteiger partial charge in [0.15, 0.2) is 5.78 Å². The van der Waals surface area contributed by atoms with Crippen LogP contribution in [0.25, 0.3) is 0 Å². The number of rotatable bonds is 4. The van der Waals surface area contributed by atoms with Crippen molar-refractivity contribution in [2.45, 2.75) is 40.5 Å². The molecule has 0 aromatic heterocycles. The number of Topliss-reactive ketones (excluding diaryl/α,β-unsaturated/α-hetero) is 1. The molecule has 2 aromatic carbocycles. The Hall–Kier alpha value is -2.09. The van der Waals surface area contributed by atoms with E-state index in [4.69, 9.17) is 0 Å². The third kappa shape index (κ3) is 2.99. The second-order valence-electron chi connectivity index (χ2n) is 5.63. The molecule has 2 nitrogen and oxygen atoms in total. The molecule has 0 radical (unpaired) electrons. The van der Waals surface area contributed by atoms with Crippen LogP contribution in [-0.2, 0) is 6.42 Å². The van der Waals surface area contributed by atoms with Gasteiger partial charge >= 0.3 is 0 Å². The first-order chi connectivity index (χ1) is 9.93. The molecule has 2 rings (SSSR count). The number of carbonyl (C=O) groups excluding carboxylic acids is 1. The Morgan fingerprint density at radius 2 is 1.48 bits per heavy atom. The van der Waals surface area contributed by atoms with Gasteiger partial charge in [0, 0.05) is 6.42 Å². The van der Waals surface area contributed by atoms with Crippen LogP contribution >= 0.6 is 0 Å². The van der Waals surface area contributed by atoms with E-state index in [1.807, 2.05) is 58.0 Å². The van der Waals surface area contributed by atoms with Crippen molar-refractivity contribution in [3.63, 3.8) is 0 Å². The van der Waals surface area contributed by atoms with Gasteiger partial charge in [-0.2, -0.15) is 0 Å². The second kappa shape index (κ2) is 6.13. The monoisotopic (exact) mass is 282 g/mol. The van der Waals surface area contributed by atoms with Crippen molar-refractivity contribution in [1.29, 1.82) is 0 Å². The van der Waals surface area contributed by atoms with Crippen molar-refractivity contribution in [2.75, 3.05) is 0 Å². The fourth-order valence-electron chi connectivity index (χ4n) is 2.66. The van der Waals surface area contributed by atoms with Crippen LogP contribution < -0.4 is 0 Å². The summed E-state index contributed by atoms with van der Waals surface area (Å²) in [6, 6.07) is 9.96. The highest BCUT2D eigenvalue weighted by Gasteiger charge is 2.19. The maximum Gasteiger partial charge on any atom is 0.167 e. The molecule has 0 aliphatic carbocycles. The summed E-state index contributed by atoms with van der Waals surface area (Å²) in [7, 11) is 0. The minimum atomic E-state index is 0.0139. The maximum absolute atomic E-state index is 12.5. The van der Waals surface area contributed by atoms with Crippen molar-refractivity contribution in [3.8, 4) is 5.75 Å². The molecule has 0 atom stereocenters. The van der Waals surface area contributed by atoms with Crippen molar-refractivity contribution in [2.24, 2.45) is 0 Å². The number of aryl methyl sites for hydroxylation is 1. The van der Waals surface area contributed by atoms with Crippen LogP contribution in [0.1, 0.15) is 44.6 Å². The van der Waals surface area contributed by atoms with E-state index in [2.05, 4.69) is 0 Å².